The van der Waals surface area contributed by atoms with E-state index in [-0.39, 0.29) is 70.8 Å². The van der Waals surface area contributed by atoms with Gasteiger partial charge in [0.25, 0.3) is 5.91 Å². The molecule has 1 aliphatic heterocycles. The molecule has 1 heterocycles. The van der Waals surface area contributed by atoms with E-state index in [1.54, 1.807) is 18.2 Å². The molecule has 3 rings (SSSR count). The molecular formula is C15H17KN2O5S. The van der Waals surface area contributed by atoms with Crippen LogP contribution in [-0.2, 0) is 15.0 Å². The smallest absolute Gasteiger partial charge is 1.00 e. The molecule has 0 spiro atoms. The fourth-order valence-corrected chi connectivity index (χ4v) is 3.58. The van der Waals surface area contributed by atoms with Crippen LogP contribution < -0.4 is 65.1 Å². The van der Waals surface area contributed by atoms with Gasteiger partial charge in [-0.15, -0.1) is 0 Å². The normalized spacial score (nSPS) is 15.9. The first-order valence-electron chi connectivity index (χ1n) is 7.13. The standard InChI is InChI=1S/C15H16N2O5S.K.H/c1-2-5-22-12-4-3-10-8-14(18)13(7-11(10)6-12)17-9-15(19)16-23(17,20)21;;/h3-4,6-8,18H,2,5,9H2,1H3,(H,16,19);;/q;+1;-1. The van der Waals surface area contributed by atoms with E-state index in [1.165, 1.54) is 12.1 Å². The fraction of sp³-hybridized carbons (Fsp3) is 0.267. The number of carbonyl (C=O) groups is 1. The van der Waals surface area contributed by atoms with Gasteiger partial charge in [-0.05, 0) is 41.5 Å². The maximum atomic E-state index is 11.9. The topological polar surface area (TPSA) is 95.9 Å². The number of fused-ring (bicyclic) bond motifs is 1. The van der Waals surface area contributed by atoms with E-state index in [9.17, 15) is 18.3 Å². The molecule has 0 atom stereocenters. The first kappa shape index (κ1) is 19.5. The van der Waals surface area contributed by atoms with Crippen molar-refractivity contribution < 1.29 is 75.9 Å². The average molecular weight is 376 g/mol. The third-order valence-corrected chi connectivity index (χ3v) is 4.86. The van der Waals surface area contributed by atoms with Gasteiger partial charge < -0.3 is 11.3 Å². The molecule has 2 N–H and O–H groups in total. The summed E-state index contributed by atoms with van der Waals surface area (Å²) in [5.74, 6) is -0.182. The Kier molecular flexibility index (Phi) is 6.16. The largest absolute Gasteiger partial charge is 1.00 e. The van der Waals surface area contributed by atoms with Gasteiger partial charge in [-0.25, -0.2) is 9.03 Å². The van der Waals surface area contributed by atoms with Gasteiger partial charge in [-0.1, -0.05) is 13.0 Å². The van der Waals surface area contributed by atoms with Crippen molar-refractivity contribution in [3.05, 3.63) is 30.3 Å². The summed E-state index contributed by atoms with van der Waals surface area (Å²) in [5.41, 5.74) is 0.0588. The first-order valence-corrected chi connectivity index (χ1v) is 8.57. The molecule has 1 saturated heterocycles. The van der Waals surface area contributed by atoms with Crippen molar-refractivity contribution in [2.24, 2.45) is 0 Å². The fourth-order valence-electron chi connectivity index (χ4n) is 2.42. The van der Waals surface area contributed by atoms with Gasteiger partial charge in [0.15, 0.2) is 0 Å². The number of anilines is 1. The van der Waals surface area contributed by atoms with E-state index in [2.05, 4.69) is 0 Å². The Morgan fingerprint density at radius 3 is 2.67 bits per heavy atom. The summed E-state index contributed by atoms with van der Waals surface area (Å²) in [6.07, 6.45) is 0.874. The summed E-state index contributed by atoms with van der Waals surface area (Å²) >= 11 is 0. The predicted molar refractivity (Wildman–Crippen MR) is 86.9 cm³/mol. The van der Waals surface area contributed by atoms with E-state index < -0.39 is 16.1 Å². The molecule has 0 bridgehead atoms. The minimum atomic E-state index is -3.96. The van der Waals surface area contributed by atoms with Crippen LogP contribution in [0.25, 0.3) is 10.8 Å². The third kappa shape index (κ3) is 3.87. The summed E-state index contributed by atoms with van der Waals surface area (Å²) in [6, 6.07) is 8.33. The zero-order valence-corrected chi connectivity index (χ0v) is 17.4. The monoisotopic (exact) mass is 376 g/mol. The van der Waals surface area contributed by atoms with Crippen LogP contribution in [-0.4, -0.2) is 32.6 Å². The van der Waals surface area contributed by atoms with Crippen molar-refractivity contribution in [2.75, 3.05) is 17.5 Å². The Balaban J connectivity index is 0.00000156. The maximum Gasteiger partial charge on any atom is 1.00 e. The van der Waals surface area contributed by atoms with E-state index in [0.717, 1.165) is 16.1 Å². The number of amides is 1. The predicted octanol–water partition coefficient (Wildman–Crippen LogP) is -1.37. The number of hydrogen-bond donors (Lipinski definition) is 2. The van der Waals surface area contributed by atoms with Gasteiger partial charge in [-0.3, -0.25) is 4.79 Å². The van der Waals surface area contributed by atoms with Crippen LogP contribution in [0.15, 0.2) is 30.3 Å². The maximum absolute atomic E-state index is 11.9. The Bertz CT molecular complexity index is 891. The Morgan fingerprint density at radius 2 is 2.04 bits per heavy atom. The number of phenols is 1. The number of hydrogen-bond acceptors (Lipinski definition) is 5. The number of benzene rings is 2. The molecule has 1 fully saturated rings. The van der Waals surface area contributed by atoms with E-state index in [0.29, 0.717) is 17.7 Å². The molecule has 1 aliphatic rings. The summed E-state index contributed by atoms with van der Waals surface area (Å²) in [4.78, 5) is 11.4. The second kappa shape index (κ2) is 7.59. The summed E-state index contributed by atoms with van der Waals surface area (Å²) in [6.45, 7) is 2.22. The summed E-state index contributed by atoms with van der Waals surface area (Å²) in [5, 5.41) is 11.6. The molecule has 0 radical (unpaired) electrons. The van der Waals surface area contributed by atoms with Gasteiger partial charge in [-0.2, -0.15) is 8.42 Å². The minimum absolute atomic E-state index is 0. The molecule has 1 amide bonds. The second-order valence-corrected chi connectivity index (χ2v) is 6.83. The first-order chi connectivity index (χ1) is 10.9. The number of aromatic hydroxyl groups is 1. The van der Waals surface area contributed by atoms with Gasteiger partial charge in [0.1, 0.15) is 18.0 Å². The minimum Gasteiger partial charge on any atom is -1.00 e. The van der Waals surface area contributed by atoms with Gasteiger partial charge >= 0.3 is 61.6 Å². The van der Waals surface area contributed by atoms with Crippen molar-refractivity contribution in [3.63, 3.8) is 0 Å². The number of nitrogens with one attached hydrogen (secondary N) is 1. The van der Waals surface area contributed by atoms with Gasteiger partial charge in [0, 0.05) is 0 Å². The van der Waals surface area contributed by atoms with Crippen molar-refractivity contribution in [1.29, 1.82) is 0 Å². The SMILES string of the molecule is CCCOc1ccc2cc(O)c(N3CC(=O)NS3(=O)=O)cc2c1.[H-].[K+]. The van der Waals surface area contributed by atoms with E-state index >= 15 is 0 Å². The summed E-state index contributed by atoms with van der Waals surface area (Å²) in [7, 11) is -3.96. The molecule has 24 heavy (non-hydrogen) atoms. The van der Waals surface area contributed by atoms with Gasteiger partial charge in [0.2, 0.25) is 0 Å². The third-order valence-electron chi connectivity index (χ3n) is 3.47. The van der Waals surface area contributed by atoms with Crippen LogP contribution in [0.3, 0.4) is 0 Å². The van der Waals surface area contributed by atoms with Crippen molar-refractivity contribution in [1.82, 2.24) is 4.72 Å². The molecule has 2 aromatic carbocycles. The Labute approximate surface area is 184 Å². The molecule has 0 aliphatic carbocycles. The number of phenolic OH excluding ortho intramolecular Hbond substituents is 1. The Hall–Kier alpha value is -0.844. The zero-order valence-electron chi connectivity index (χ0n) is 14.4. The van der Waals surface area contributed by atoms with E-state index in [4.69, 9.17) is 4.74 Å². The number of rotatable bonds is 4. The van der Waals surface area contributed by atoms with Crippen LogP contribution in [0.2, 0.25) is 0 Å². The number of carbonyl (C=O) groups excluding carboxylic acids is 1. The van der Waals surface area contributed by atoms with Gasteiger partial charge in [0.05, 0.1) is 12.3 Å². The van der Waals surface area contributed by atoms with Crippen LogP contribution in [0.1, 0.15) is 14.8 Å². The Morgan fingerprint density at radius 1 is 1.29 bits per heavy atom. The average Bonchev–Trinajstić information content (AvgIpc) is 2.77. The molecular weight excluding hydrogens is 359 g/mol. The molecule has 0 aromatic heterocycles. The number of ether oxygens (including phenoxy) is 1. The van der Waals surface area contributed by atoms with Crippen LogP contribution in [0, 0.1) is 0 Å². The summed E-state index contributed by atoms with van der Waals surface area (Å²) < 4.78 is 32.1. The molecule has 9 heteroatoms. The second-order valence-electron chi connectivity index (χ2n) is 5.24. The molecule has 2 aromatic rings. The van der Waals surface area contributed by atoms with Crippen molar-refractivity contribution in [2.45, 2.75) is 13.3 Å². The zero-order chi connectivity index (χ0) is 16.6. The van der Waals surface area contributed by atoms with Crippen LogP contribution in [0.4, 0.5) is 5.69 Å². The molecule has 7 nitrogen and oxygen atoms in total. The quantitative estimate of drug-likeness (QED) is 0.642. The van der Waals surface area contributed by atoms with Crippen molar-refractivity contribution in [3.8, 4) is 11.5 Å². The number of nitrogens with zero attached hydrogens (tertiary/aromatic N) is 1. The molecule has 124 valence electrons. The van der Waals surface area contributed by atoms with Crippen LogP contribution >= 0.6 is 0 Å². The molecule has 0 saturated carbocycles. The molecule has 0 unspecified atom stereocenters. The van der Waals surface area contributed by atoms with Crippen molar-refractivity contribution >= 4 is 32.6 Å². The van der Waals surface area contributed by atoms with E-state index in [1.807, 2.05) is 11.6 Å². The van der Waals surface area contributed by atoms with Crippen LogP contribution in [0.5, 0.6) is 11.5 Å².